The van der Waals surface area contributed by atoms with Gasteiger partial charge in [-0.2, -0.15) is 0 Å². The fourth-order valence-corrected chi connectivity index (χ4v) is 5.20. The average molecular weight is 447 g/mol. The third-order valence-corrected chi connectivity index (χ3v) is 6.91. The summed E-state index contributed by atoms with van der Waals surface area (Å²) >= 11 is 0. The number of hydrogen-bond donors (Lipinski definition) is 0. The second-order valence-corrected chi connectivity index (χ2v) is 9.17. The van der Waals surface area contributed by atoms with Crippen LogP contribution in [0.2, 0.25) is 0 Å². The number of nitrogens with zero attached hydrogens (tertiary/aromatic N) is 2. The summed E-state index contributed by atoms with van der Waals surface area (Å²) in [5, 5.41) is 0. The summed E-state index contributed by atoms with van der Waals surface area (Å²) in [7, 11) is 1.33. The number of esters is 1. The molecule has 1 amide bonds. The van der Waals surface area contributed by atoms with Gasteiger partial charge in [-0.15, -0.1) is 0 Å². The largest absolute Gasteiger partial charge is 0.483 e. The molecule has 3 aliphatic rings. The van der Waals surface area contributed by atoms with Crippen LogP contribution in [0.4, 0.5) is 5.82 Å². The first-order valence-corrected chi connectivity index (χ1v) is 11.3. The maximum absolute atomic E-state index is 13.8. The summed E-state index contributed by atoms with van der Waals surface area (Å²) in [5.41, 5.74) is 2.45. The lowest BCUT2D eigenvalue weighted by Crippen LogP contribution is -2.41. The van der Waals surface area contributed by atoms with Crippen LogP contribution in [-0.4, -0.2) is 35.9 Å². The van der Waals surface area contributed by atoms with Crippen molar-refractivity contribution < 1.29 is 23.9 Å². The molecule has 0 bridgehead atoms. The van der Waals surface area contributed by atoms with Gasteiger partial charge >= 0.3 is 5.97 Å². The number of anilines is 1. The number of benzene rings is 1. The zero-order valence-corrected chi connectivity index (χ0v) is 18.9. The minimum atomic E-state index is -0.667. The van der Waals surface area contributed by atoms with Crippen molar-refractivity contribution in [1.29, 1.82) is 0 Å². The topological polar surface area (TPSA) is 85.8 Å². The lowest BCUT2D eigenvalue weighted by Gasteiger charge is -2.37. The van der Waals surface area contributed by atoms with Crippen LogP contribution in [0.15, 0.2) is 53.9 Å². The monoisotopic (exact) mass is 446 g/mol. The second-order valence-electron chi connectivity index (χ2n) is 9.17. The number of rotatable bonds is 3. The zero-order chi connectivity index (χ0) is 23.3. The van der Waals surface area contributed by atoms with Crippen molar-refractivity contribution in [3.63, 3.8) is 0 Å². The second kappa shape index (κ2) is 8.14. The third-order valence-electron chi connectivity index (χ3n) is 6.91. The average Bonchev–Trinajstić information content (AvgIpc) is 3.11. The number of amides is 1. The van der Waals surface area contributed by atoms with Crippen LogP contribution in [0.1, 0.15) is 53.7 Å². The molecular formula is C26H26N2O5. The number of fused-ring (bicyclic) bond motifs is 1. The van der Waals surface area contributed by atoms with Gasteiger partial charge in [-0.25, -0.2) is 9.78 Å². The van der Waals surface area contributed by atoms with Crippen molar-refractivity contribution in [1.82, 2.24) is 4.98 Å². The van der Waals surface area contributed by atoms with E-state index in [0.717, 1.165) is 24.8 Å². The number of aryl methyl sites for hydroxylation is 1. The number of carbonyl (C=O) groups is 3. The maximum atomic E-state index is 13.8. The number of pyridine rings is 1. The Morgan fingerprint density at radius 3 is 2.61 bits per heavy atom. The first-order valence-electron chi connectivity index (χ1n) is 11.3. The normalized spacial score (nSPS) is 26.6. The molecular weight excluding hydrogens is 420 g/mol. The molecule has 1 aliphatic carbocycles. The minimum absolute atomic E-state index is 0.0154. The number of carbonyl (C=O) groups excluding carboxylic acids is 3. The van der Waals surface area contributed by atoms with Crippen molar-refractivity contribution in [3.05, 3.63) is 70.6 Å². The molecule has 1 saturated carbocycles. The molecule has 3 heterocycles. The van der Waals surface area contributed by atoms with Crippen LogP contribution in [0, 0.1) is 18.8 Å². The quantitative estimate of drug-likeness (QED) is 0.665. The summed E-state index contributed by atoms with van der Waals surface area (Å²) in [6.07, 6.45) is 3.89. The van der Waals surface area contributed by atoms with E-state index in [2.05, 4.69) is 11.9 Å². The van der Waals surface area contributed by atoms with E-state index in [1.165, 1.54) is 7.11 Å². The molecule has 0 spiro atoms. The van der Waals surface area contributed by atoms with Gasteiger partial charge in [0.05, 0.1) is 30.2 Å². The molecule has 2 aromatic rings. The summed E-state index contributed by atoms with van der Waals surface area (Å²) in [5.74, 6) is -0.0236. The van der Waals surface area contributed by atoms with Crippen molar-refractivity contribution in [2.75, 3.05) is 12.0 Å². The Hall–Kier alpha value is -3.48. The van der Waals surface area contributed by atoms with Crippen LogP contribution >= 0.6 is 0 Å². The molecule has 1 aromatic heterocycles. The summed E-state index contributed by atoms with van der Waals surface area (Å²) in [6.45, 7) is 4.08. The van der Waals surface area contributed by atoms with Crippen molar-refractivity contribution >= 4 is 23.5 Å². The predicted octanol–water partition coefficient (Wildman–Crippen LogP) is 3.92. The Balaban J connectivity index is 1.62. The molecule has 5 rings (SSSR count). The number of hydrogen-bond acceptors (Lipinski definition) is 6. The SMILES string of the molecule is COC(=O)c1ccc(C2C3=C(OC4CCC(C)CC4C3=O)C(=O)N2c2cc(C)ccn2)cc1. The van der Waals surface area contributed by atoms with Gasteiger partial charge in [-0.05, 0) is 67.5 Å². The fourth-order valence-electron chi connectivity index (χ4n) is 5.20. The molecule has 0 saturated heterocycles. The third kappa shape index (κ3) is 3.52. The fraction of sp³-hybridized carbons (Fsp3) is 0.385. The Labute approximate surface area is 192 Å². The van der Waals surface area contributed by atoms with E-state index >= 15 is 0 Å². The molecule has 7 nitrogen and oxygen atoms in total. The number of methoxy groups -OCH3 is 1. The van der Waals surface area contributed by atoms with Gasteiger partial charge in [-0.3, -0.25) is 14.5 Å². The molecule has 33 heavy (non-hydrogen) atoms. The van der Waals surface area contributed by atoms with E-state index in [9.17, 15) is 14.4 Å². The Morgan fingerprint density at radius 1 is 1.15 bits per heavy atom. The highest BCUT2D eigenvalue weighted by Crippen LogP contribution is 2.48. The molecule has 1 aromatic carbocycles. The standard InChI is InChI=1S/C26H26N2O5/c1-14-4-9-19-18(12-14)23(29)21-22(16-5-7-17(8-6-16)26(31)32-3)28(25(30)24(21)33-19)20-13-15(2)10-11-27-20/h5-8,10-11,13-14,18-19,22H,4,9,12H2,1-3H3. The summed E-state index contributed by atoms with van der Waals surface area (Å²) < 4.78 is 11.0. The number of ketones is 1. The van der Waals surface area contributed by atoms with Gasteiger partial charge in [0.25, 0.3) is 5.91 Å². The smallest absolute Gasteiger partial charge is 0.337 e. The molecule has 170 valence electrons. The van der Waals surface area contributed by atoms with Crippen LogP contribution in [0.5, 0.6) is 0 Å². The molecule has 0 N–H and O–H groups in total. The van der Waals surface area contributed by atoms with Crippen LogP contribution in [0.25, 0.3) is 0 Å². The van der Waals surface area contributed by atoms with E-state index in [-0.39, 0.29) is 29.5 Å². The Kier molecular flexibility index (Phi) is 5.27. The van der Waals surface area contributed by atoms with Gasteiger partial charge in [0.2, 0.25) is 0 Å². The predicted molar refractivity (Wildman–Crippen MR) is 120 cm³/mol. The van der Waals surface area contributed by atoms with Gasteiger partial charge in [0, 0.05) is 6.20 Å². The summed E-state index contributed by atoms with van der Waals surface area (Å²) in [6, 6.07) is 9.81. The molecule has 2 aliphatic heterocycles. The Bertz CT molecular complexity index is 1170. The lowest BCUT2D eigenvalue weighted by molar-refractivity contribution is -0.132. The molecule has 7 heteroatoms. The van der Waals surface area contributed by atoms with Crippen molar-refractivity contribution in [2.24, 2.45) is 11.8 Å². The summed E-state index contributed by atoms with van der Waals surface area (Å²) in [4.78, 5) is 45.3. The molecule has 4 unspecified atom stereocenters. The molecule has 4 atom stereocenters. The minimum Gasteiger partial charge on any atom is -0.483 e. The zero-order valence-electron chi connectivity index (χ0n) is 18.9. The van der Waals surface area contributed by atoms with Gasteiger partial charge in [-0.1, -0.05) is 19.1 Å². The van der Waals surface area contributed by atoms with E-state index in [1.807, 2.05) is 19.1 Å². The van der Waals surface area contributed by atoms with E-state index in [1.54, 1.807) is 35.4 Å². The highest BCUT2D eigenvalue weighted by molar-refractivity contribution is 6.17. The molecule has 0 radical (unpaired) electrons. The van der Waals surface area contributed by atoms with Gasteiger partial charge in [0.1, 0.15) is 11.9 Å². The van der Waals surface area contributed by atoms with Gasteiger partial charge < -0.3 is 9.47 Å². The van der Waals surface area contributed by atoms with E-state index < -0.39 is 12.0 Å². The maximum Gasteiger partial charge on any atom is 0.337 e. The van der Waals surface area contributed by atoms with Crippen LogP contribution in [0.3, 0.4) is 0 Å². The van der Waals surface area contributed by atoms with Gasteiger partial charge in [0.15, 0.2) is 11.5 Å². The van der Waals surface area contributed by atoms with Crippen LogP contribution < -0.4 is 4.90 Å². The highest BCUT2D eigenvalue weighted by Gasteiger charge is 2.53. The molecule has 1 fully saturated rings. The first-order chi connectivity index (χ1) is 15.9. The van der Waals surface area contributed by atoms with Crippen molar-refractivity contribution in [2.45, 2.75) is 45.3 Å². The lowest BCUT2D eigenvalue weighted by atomic mass is 9.74. The first kappa shape index (κ1) is 21.4. The number of Topliss-reactive ketones (excluding diaryl/α,β-unsaturated/α-hetero) is 1. The highest BCUT2D eigenvalue weighted by atomic mass is 16.5. The Morgan fingerprint density at radius 2 is 1.91 bits per heavy atom. The number of ether oxygens (including phenoxy) is 2. The van der Waals surface area contributed by atoms with E-state index in [0.29, 0.717) is 28.4 Å². The van der Waals surface area contributed by atoms with Crippen molar-refractivity contribution in [3.8, 4) is 0 Å². The van der Waals surface area contributed by atoms with Crippen LogP contribution in [-0.2, 0) is 19.1 Å². The number of aromatic nitrogens is 1. The van der Waals surface area contributed by atoms with E-state index in [4.69, 9.17) is 9.47 Å².